The second-order valence-electron chi connectivity index (χ2n) is 6.65. The van der Waals surface area contributed by atoms with Crippen LogP contribution in [0.25, 0.3) is 0 Å². The van der Waals surface area contributed by atoms with E-state index in [4.69, 9.17) is 27.9 Å². The number of hydrogen-bond donors (Lipinski definition) is 1. The number of rotatable bonds is 8. The van der Waals surface area contributed by atoms with Crippen LogP contribution in [-0.2, 0) is 14.8 Å². The van der Waals surface area contributed by atoms with Crippen molar-refractivity contribution in [1.82, 2.24) is 5.43 Å². The normalized spacial score (nSPS) is 11.3. The number of sulfonamides is 1. The molecule has 32 heavy (non-hydrogen) atoms. The Labute approximate surface area is 196 Å². The number of hydrogen-bond acceptors (Lipinski definition) is 5. The monoisotopic (exact) mass is 491 g/mol. The van der Waals surface area contributed by atoms with Gasteiger partial charge in [0.15, 0.2) is 0 Å². The Bertz CT molecular complexity index is 1220. The van der Waals surface area contributed by atoms with Crippen molar-refractivity contribution in [2.24, 2.45) is 5.10 Å². The zero-order chi connectivity index (χ0) is 23.1. The first kappa shape index (κ1) is 23.6. The maximum absolute atomic E-state index is 12.3. The molecule has 0 aliphatic heterocycles. The highest BCUT2D eigenvalue weighted by Crippen LogP contribution is 2.25. The number of carbonyl (C=O) groups excluding carboxylic acids is 1. The molecular formula is C22H19Cl2N3O4S. The van der Waals surface area contributed by atoms with Crippen molar-refractivity contribution in [3.8, 4) is 11.5 Å². The molecule has 0 aliphatic rings. The first-order valence-electron chi connectivity index (χ1n) is 9.30. The van der Waals surface area contributed by atoms with Crippen LogP contribution in [-0.4, -0.2) is 33.3 Å². The summed E-state index contributed by atoms with van der Waals surface area (Å²) in [5, 5.41) is 4.59. The quantitative estimate of drug-likeness (QED) is 0.365. The van der Waals surface area contributed by atoms with Crippen LogP contribution in [0.15, 0.2) is 77.9 Å². The van der Waals surface area contributed by atoms with Gasteiger partial charge in [-0.3, -0.25) is 9.10 Å². The summed E-state index contributed by atoms with van der Waals surface area (Å²) in [6.45, 7) is -0.448. The Hall–Kier alpha value is -3.07. The molecule has 1 N–H and O–H groups in total. The van der Waals surface area contributed by atoms with Crippen LogP contribution >= 0.6 is 23.2 Å². The third-order valence-corrected chi connectivity index (χ3v) is 6.02. The fourth-order valence-corrected chi connectivity index (χ4v) is 3.81. The number of para-hydroxylation sites is 1. The summed E-state index contributed by atoms with van der Waals surface area (Å²) in [6, 6.07) is 20.4. The summed E-state index contributed by atoms with van der Waals surface area (Å²) in [7, 11) is -3.72. The summed E-state index contributed by atoms with van der Waals surface area (Å²) in [4.78, 5) is 12.3. The van der Waals surface area contributed by atoms with Gasteiger partial charge in [-0.1, -0.05) is 47.5 Å². The molecule has 0 unspecified atom stereocenters. The van der Waals surface area contributed by atoms with Gasteiger partial charge < -0.3 is 4.74 Å². The molecule has 1 amide bonds. The Morgan fingerprint density at radius 1 is 1.00 bits per heavy atom. The lowest BCUT2D eigenvalue weighted by atomic mass is 10.2. The molecule has 7 nitrogen and oxygen atoms in total. The van der Waals surface area contributed by atoms with Gasteiger partial charge in [0.1, 0.15) is 18.0 Å². The van der Waals surface area contributed by atoms with E-state index in [0.29, 0.717) is 32.8 Å². The smallest absolute Gasteiger partial charge is 0.260 e. The minimum atomic E-state index is -3.72. The van der Waals surface area contributed by atoms with Gasteiger partial charge >= 0.3 is 0 Å². The fourth-order valence-electron chi connectivity index (χ4n) is 2.64. The van der Waals surface area contributed by atoms with E-state index in [2.05, 4.69) is 10.5 Å². The van der Waals surface area contributed by atoms with Gasteiger partial charge in [-0.25, -0.2) is 13.8 Å². The second-order valence-corrected chi connectivity index (χ2v) is 9.37. The van der Waals surface area contributed by atoms with Crippen LogP contribution in [0.4, 0.5) is 5.69 Å². The van der Waals surface area contributed by atoms with Crippen LogP contribution in [0.1, 0.15) is 5.56 Å². The van der Waals surface area contributed by atoms with E-state index in [-0.39, 0.29) is 0 Å². The molecule has 0 spiro atoms. The summed E-state index contributed by atoms with van der Waals surface area (Å²) < 4.78 is 31.2. The van der Waals surface area contributed by atoms with E-state index in [1.54, 1.807) is 54.6 Å². The molecule has 0 heterocycles. The van der Waals surface area contributed by atoms with Crippen LogP contribution in [0.2, 0.25) is 10.0 Å². The second kappa shape index (κ2) is 10.5. The van der Waals surface area contributed by atoms with Crippen molar-refractivity contribution < 1.29 is 17.9 Å². The number of carbonyl (C=O) groups is 1. The van der Waals surface area contributed by atoms with Crippen molar-refractivity contribution in [2.75, 3.05) is 17.1 Å². The zero-order valence-electron chi connectivity index (χ0n) is 16.9. The number of ether oxygens (including phenoxy) is 1. The number of nitrogens with one attached hydrogen (secondary N) is 1. The third kappa shape index (κ3) is 6.71. The number of benzene rings is 3. The highest BCUT2D eigenvalue weighted by molar-refractivity contribution is 7.92. The molecule has 3 aromatic rings. The molecule has 3 aromatic carbocycles. The SMILES string of the molecule is CS(=O)(=O)N(CC(=O)N/N=C\c1ccc(Cl)c(Cl)c1)c1ccc(Oc2ccccc2)cc1. The van der Waals surface area contributed by atoms with Crippen molar-refractivity contribution in [3.05, 3.63) is 88.4 Å². The Morgan fingerprint density at radius 2 is 1.66 bits per heavy atom. The van der Waals surface area contributed by atoms with Crippen LogP contribution in [0, 0.1) is 0 Å². The summed E-state index contributed by atoms with van der Waals surface area (Å²) in [6.07, 6.45) is 2.40. The number of amides is 1. The summed E-state index contributed by atoms with van der Waals surface area (Å²) in [5.41, 5.74) is 3.24. The van der Waals surface area contributed by atoms with Crippen molar-refractivity contribution in [2.45, 2.75) is 0 Å². The third-order valence-electron chi connectivity index (χ3n) is 4.14. The molecule has 0 saturated carbocycles. The molecule has 0 saturated heterocycles. The lowest BCUT2D eigenvalue weighted by Gasteiger charge is -2.21. The molecule has 0 radical (unpaired) electrons. The van der Waals surface area contributed by atoms with Gasteiger partial charge in [0.05, 0.1) is 28.2 Å². The van der Waals surface area contributed by atoms with E-state index in [1.165, 1.54) is 6.21 Å². The molecule has 0 aromatic heterocycles. The first-order chi connectivity index (χ1) is 15.2. The predicted octanol–water partition coefficient (Wildman–Crippen LogP) is 4.70. The fraction of sp³-hybridized carbons (Fsp3) is 0.0909. The van der Waals surface area contributed by atoms with Crippen molar-refractivity contribution >= 4 is 51.0 Å². The van der Waals surface area contributed by atoms with E-state index in [9.17, 15) is 13.2 Å². The number of hydrazone groups is 1. The van der Waals surface area contributed by atoms with Crippen molar-refractivity contribution in [1.29, 1.82) is 0 Å². The predicted molar refractivity (Wildman–Crippen MR) is 127 cm³/mol. The highest BCUT2D eigenvalue weighted by atomic mass is 35.5. The number of nitrogens with zero attached hydrogens (tertiary/aromatic N) is 2. The van der Waals surface area contributed by atoms with Crippen LogP contribution in [0.3, 0.4) is 0 Å². The average molecular weight is 492 g/mol. The Balaban J connectivity index is 1.66. The molecular weight excluding hydrogens is 473 g/mol. The number of anilines is 1. The van der Waals surface area contributed by atoms with E-state index in [0.717, 1.165) is 10.6 Å². The topological polar surface area (TPSA) is 88.1 Å². The molecule has 0 atom stereocenters. The summed E-state index contributed by atoms with van der Waals surface area (Å²) >= 11 is 11.8. The largest absolute Gasteiger partial charge is 0.457 e. The minimum absolute atomic E-state index is 0.316. The van der Waals surface area contributed by atoms with Gasteiger partial charge in [0.25, 0.3) is 5.91 Å². The molecule has 166 valence electrons. The molecule has 0 fully saturated rings. The maximum Gasteiger partial charge on any atom is 0.260 e. The van der Waals surface area contributed by atoms with Gasteiger partial charge in [0.2, 0.25) is 10.0 Å². The minimum Gasteiger partial charge on any atom is -0.457 e. The van der Waals surface area contributed by atoms with Gasteiger partial charge in [-0.05, 0) is 54.1 Å². The van der Waals surface area contributed by atoms with Crippen molar-refractivity contribution in [3.63, 3.8) is 0 Å². The Morgan fingerprint density at radius 3 is 2.28 bits per heavy atom. The zero-order valence-corrected chi connectivity index (χ0v) is 19.2. The molecule has 3 rings (SSSR count). The van der Waals surface area contributed by atoms with E-state index in [1.807, 2.05) is 18.2 Å². The first-order valence-corrected chi connectivity index (χ1v) is 11.9. The summed E-state index contributed by atoms with van der Waals surface area (Å²) in [5.74, 6) is 0.569. The molecule has 0 bridgehead atoms. The van der Waals surface area contributed by atoms with Crippen LogP contribution in [0.5, 0.6) is 11.5 Å². The molecule has 0 aliphatic carbocycles. The lowest BCUT2D eigenvalue weighted by molar-refractivity contribution is -0.119. The maximum atomic E-state index is 12.3. The van der Waals surface area contributed by atoms with Gasteiger partial charge in [-0.15, -0.1) is 0 Å². The van der Waals surface area contributed by atoms with Crippen LogP contribution < -0.4 is 14.5 Å². The molecule has 10 heteroatoms. The van der Waals surface area contributed by atoms with Gasteiger partial charge in [-0.2, -0.15) is 5.10 Å². The standard InChI is InChI=1S/C22H19Cl2N3O4S/c1-32(29,30)27(15-22(28)26-25-14-16-7-12-20(23)21(24)13-16)17-8-10-19(11-9-17)31-18-5-3-2-4-6-18/h2-14H,15H2,1H3,(H,26,28)/b25-14-. The van der Waals surface area contributed by atoms with E-state index >= 15 is 0 Å². The van der Waals surface area contributed by atoms with E-state index < -0.39 is 22.5 Å². The highest BCUT2D eigenvalue weighted by Gasteiger charge is 2.20. The Kier molecular flexibility index (Phi) is 7.74. The number of halogens is 2. The lowest BCUT2D eigenvalue weighted by Crippen LogP contribution is -2.38. The average Bonchev–Trinajstić information content (AvgIpc) is 2.75. The van der Waals surface area contributed by atoms with Gasteiger partial charge in [0, 0.05) is 0 Å².